The third-order valence-corrected chi connectivity index (χ3v) is 4.86. The topological polar surface area (TPSA) is 64.0 Å². The van der Waals surface area contributed by atoms with Gasteiger partial charge < -0.3 is 5.32 Å². The number of nitrogens with one attached hydrogen (secondary N) is 1. The summed E-state index contributed by atoms with van der Waals surface area (Å²) in [5.41, 5.74) is 0.819. The molecule has 1 heterocycles. The lowest BCUT2D eigenvalue weighted by molar-refractivity contribution is 0.102. The van der Waals surface area contributed by atoms with E-state index in [1.165, 1.54) is 4.68 Å². The van der Waals surface area contributed by atoms with Crippen LogP contribution in [0, 0.1) is 0 Å². The number of amides is 1. The van der Waals surface area contributed by atoms with E-state index in [9.17, 15) is 9.59 Å². The molecule has 0 bridgehead atoms. The summed E-state index contributed by atoms with van der Waals surface area (Å²) in [4.78, 5) is 26.5. The summed E-state index contributed by atoms with van der Waals surface area (Å²) in [7, 11) is 0. The molecular formula is C20H21N3O2S. The highest BCUT2D eigenvalue weighted by Crippen LogP contribution is 2.20. The first-order valence-corrected chi connectivity index (χ1v) is 9.81. The highest BCUT2D eigenvalue weighted by atomic mass is 32.2. The van der Waals surface area contributed by atoms with Gasteiger partial charge in [0.2, 0.25) is 0 Å². The van der Waals surface area contributed by atoms with E-state index in [1.54, 1.807) is 30.0 Å². The monoisotopic (exact) mass is 367 g/mol. The normalized spacial score (nSPS) is 10.8. The Morgan fingerprint density at radius 2 is 1.92 bits per heavy atom. The highest BCUT2D eigenvalue weighted by Gasteiger charge is 2.16. The Bertz CT molecular complexity index is 998. The zero-order valence-electron chi connectivity index (χ0n) is 14.9. The number of hydrogen-bond acceptors (Lipinski definition) is 4. The molecule has 0 aliphatic rings. The molecule has 1 amide bonds. The fourth-order valence-corrected chi connectivity index (χ4v) is 3.21. The van der Waals surface area contributed by atoms with Crippen LogP contribution >= 0.6 is 11.8 Å². The van der Waals surface area contributed by atoms with Gasteiger partial charge in [0.15, 0.2) is 5.69 Å². The average Bonchev–Trinajstić information content (AvgIpc) is 2.67. The average molecular weight is 367 g/mol. The van der Waals surface area contributed by atoms with E-state index >= 15 is 0 Å². The van der Waals surface area contributed by atoms with Gasteiger partial charge in [0.05, 0.1) is 5.39 Å². The Balaban J connectivity index is 2.03. The molecule has 0 unspecified atom stereocenters. The van der Waals surface area contributed by atoms with Crippen LogP contribution in [0.4, 0.5) is 5.69 Å². The lowest BCUT2D eigenvalue weighted by Crippen LogP contribution is -2.27. The summed E-state index contributed by atoms with van der Waals surface area (Å²) < 4.78 is 1.40. The molecule has 3 rings (SSSR count). The number of unbranched alkanes of at least 4 members (excludes halogenated alkanes) is 1. The van der Waals surface area contributed by atoms with Gasteiger partial charge >= 0.3 is 0 Å². The van der Waals surface area contributed by atoms with E-state index in [4.69, 9.17) is 0 Å². The number of carbonyl (C=O) groups is 1. The maximum absolute atomic E-state index is 12.9. The number of carbonyl (C=O) groups excluding carboxylic acids is 1. The van der Waals surface area contributed by atoms with Crippen molar-refractivity contribution < 1.29 is 4.79 Å². The second-order valence-corrected chi connectivity index (χ2v) is 6.84. The van der Waals surface area contributed by atoms with Gasteiger partial charge in [-0.25, -0.2) is 4.68 Å². The van der Waals surface area contributed by atoms with Crippen LogP contribution < -0.4 is 10.9 Å². The van der Waals surface area contributed by atoms with Gasteiger partial charge in [-0.3, -0.25) is 9.59 Å². The Kier molecular flexibility index (Phi) is 5.73. The number of thioether (sulfide) groups is 1. The molecule has 2 aromatic carbocycles. The Morgan fingerprint density at radius 1 is 1.15 bits per heavy atom. The van der Waals surface area contributed by atoms with Crippen molar-refractivity contribution in [1.82, 2.24) is 9.78 Å². The molecule has 0 aliphatic carbocycles. The largest absolute Gasteiger partial charge is 0.321 e. The SMILES string of the molecule is CCCCn1nc(C(=O)Nc2cccc(SC)c2)c2ccccc2c1=O. The Hall–Kier alpha value is -2.60. The number of aromatic nitrogens is 2. The summed E-state index contributed by atoms with van der Waals surface area (Å²) in [6.45, 7) is 2.56. The van der Waals surface area contributed by atoms with Crippen molar-refractivity contribution in [2.45, 2.75) is 31.2 Å². The lowest BCUT2D eigenvalue weighted by Gasteiger charge is -2.11. The minimum atomic E-state index is -0.315. The van der Waals surface area contributed by atoms with E-state index in [0.717, 1.165) is 17.7 Å². The van der Waals surface area contributed by atoms with Gasteiger partial charge in [-0.2, -0.15) is 5.10 Å². The maximum atomic E-state index is 12.9. The van der Waals surface area contributed by atoms with Gasteiger partial charge in [-0.15, -0.1) is 11.8 Å². The molecule has 1 aromatic heterocycles. The summed E-state index contributed by atoms with van der Waals surface area (Å²) in [6.07, 6.45) is 3.77. The molecule has 3 aromatic rings. The van der Waals surface area contributed by atoms with Crippen molar-refractivity contribution in [2.24, 2.45) is 0 Å². The second kappa shape index (κ2) is 8.19. The second-order valence-electron chi connectivity index (χ2n) is 5.96. The third-order valence-electron chi connectivity index (χ3n) is 4.13. The van der Waals surface area contributed by atoms with Crippen molar-refractivity contribution >= 4 is 34.1 Å². The zero-order chi connectivity index (χ0) is 18.5. The molecule has 0 atom stereocenters. The summed E-state index contributed by atoms with van der Waals surface area (Å²) in [5.74, 6) is -0.315. The zero-order valence-corrected chi connectivity index (χ0v) is 15.7. The van der Waals surface area contributed by atoms with Gasteiger partial charge in [0, 0.05) is 22.5 Å². The van der Waals surface area contributed by atoms with Gasteiger partial charge in [-0.1, -0.05) is 37.6 Å². The molecule has 0 saturated heterocycles. The van der Waals surface area contributed by atoms with E-state index in [2.05, 4.69) is 17.3 Å². The van der Waals surface area contributed by atoms with Crippen LogP contribution in [0.1, 0.15) is 30.3 Å². The van der Waals surface area contributed by atoms with Gasteiger partial charge in [0.1, 0.15) is 0 Å². The molecule has 0 spiro atoms. The van der Waals surface area contributed by atoms with Crippen LogP contribution in [0.25, 0.3) is 10.8 Å². The van der Waals surface area contributed by atoms with Crippen molar-refractivity contribution in [3.05, 3.63) is 64.6 Å². The molecule has 26 heavy (non-hydrogen) atoms. The predicted octanol–water partition coefficient (Wildman–Crippen LogP) is 4.17. The molecule has 0 fully saturated rings. The van der Waals surface area contributed by atoms with Crippen LogP contribution in [-0.4, -0.2) is 21.9 Å². The molecule has 0 radical (unpaired) electrons. The maximum Gasteiger partial charge on any atom is 0.276 e. The Labute approximate surface area is 156 Å². The first-order valence-electron chi connectivity index (χ1n) is 8.59. The summed E-state index contributed by atoms with van der Waals surface area (Å²) >= 11 is 1.61. The standard InChI is InChI=1S/C20H21N3O2S/c1-3-4-12-23-20(25)17-11-6-5-10-16(17)18(22-23)19(24)21-14-8-7-9-15(13-14)26-2/h5-11,13H,3-4,12H2,1-2H3,(H,21,24). The fraction of sp³-hybridized carbons (Fsp3) is 0.250. The minimum absolute atomic E-state index is 0.157. The smallest absolute Gasteiger partial charge is 0.276 e. The fourth-order valence-electron chi connectivity index (χ4n) is 2.75. The molecule has 1 N–H and O–H groups in total. The van der Waals surface area contributed by atoms with Crippen LogP contribution in [0.15, 0.2) is 58.2 Å². The molecule has 6 heteroatoms. The van der Waals surface area contributed by atoms with E-state index in [0.29, 0.717) is 23.0 Å². The van der Waals surface area contributed by atoms with E-state index in [1.807, 2.05) is 36.6 Å². The third kappa shape index (κ3) is 3.80. The van der Waals surface area contributed by atoms with Crippen molar-refractivity contribution in [3.8, 4) is 0 Å². The van der Waals surface area contributed by atoms with Gasteiger partial charge in [0.25, 0.3) is 11.5 Å². The first kappa shape index (κ1) is 18.2. The molecule has 0 saturated carbocycles. The summed E-state index contributed by atoms with van der Waals surface area (Å²) in [6, 6.07) is 14.8. The van der Waals surface area contributed by atoms with Crippen LogP contribution in [0.5, 0.6) is 0 Å². The molecule has 5 nitrogen and oxygen atoms in total. The van der Waals surface area contributed by atoms with E-state index in [-0.39, 0.29) is 17.2 Å². The minimum Gasteiger partial charge on any atom is -0.321 e. The number of nitrogens with zero attached hydrogens (tertiary/aromatic N) is 2. The van der Waals surface area contributed by atoms with Crippen LogP contribution in [0.3, 0.4) is 0 Å². The number of fused-ring (bicyclic) bond motifs is 1. The number of hydrogen-bond donors (Lipinski definition) is 1. The Morgan fingerprint density at radius 3 is 2.65 bits per heavy atom. The van der Waals surface area contributed by atoms with Crippen molar-refractivity contribution in [1.29, 1.82) is 0 Å². The molecule has 0 aliphatic heterocycles. The van der Waals surface area contributed by atoms with Crippen LogP contribution in [-0.2, 0) is 6.54 Å². The number of benzene rings is 2. The summed E-state index contributed by atoms with van der Waals surface area (Å²) in [5, 5.41) is 8.35. The predicted molar refractivity (Wildman–Crippen MR) is 107 cm³/mol. The number of anilines is 1. The van der Waals surface area contributed by atoms with Gasteiger partial charge in [-0.05, 0) is 36.9 Å². The lowest BCUT2D eigenvalue weighted by atomic mass is 10.1. The molecule has 134 valence electrons. The van der Waals surface area contributed by atoms with Crippen molar-refractivity contribution in [2.75, 3.05) is 11.6 Å². The molecular weight excluding hydrogens is 346 g/mol. The van der Waals surface area contributed by atoms with Crippen molar-refractivity contribution in [3.63, 3.8) is 0 Å². The highest BCUT2D eigenvalue weighted by molar-refractivity contribution is 7.98. The van der Waals surface area contributed by atoms with Crippen LogP contribution in [0.2, 0.25) is 0 Å². The van der Waals surface area contributed by atoms with E-state index < -0.39 is 0 Å². The quantitative estimate of drug-likeness (QED) is 0.664. The first-order chi connectivity index (χ1) is 12.6. The number of aryl methyl sites for hydroxylation is 1. The number of rotatable bonds is 6.